The van der Waals surface area contributed by atoms with Gasteiger partial charge in [0.05, 0.1) is 0 Å². The van der Waals surface area contributed by atoms with Gasteiger partial charge in [-0.1, -0.05) is 12.1 Å². The molecule has 134 valence electrons. The number of rotatable bonds is 5. The second-order valence-corrected chi connectivity index (χ2v) is 6.94. The van der Waals surface area contributed by atoms with Crippen LogP contribution in [0.25, 0.3) is 0 Å². The monoisotopic (exact) mass is 342 g/mol. The first-order chi connectivity index (χ1) is 12.0. The van der Waals surface area contributed by atoms with Crippen molar-refractivity contribution in [2.45, 2.75) is 45.7 Å². The van der Waals surface area contributed by atoms with Crippen molar-refractivity contribution in [1.82, 2.24) is 9.80 Å². The van der Waals surface area contributed by atoms with E-state index in [-0.39, 0.29) is 18.7 Å². The number of carbonyl (C=O) groups excluding carboxylic acids is 1. The van der Waals surface area contributed by atoms with E-state index in [1.807, 2.05) is 48.6 Å². The minimum absolute atomic E-state index is 0.0863. The summed E-state index contributed by atoms with van der Waals surface area (Å²) in [6.07, 6.45) is 7.51. The van der Waals surface area contributed by atoms with E-state index in [1.54, 1.807) is 0 Å². The largest absolute Gasteiger partial charge is 0.454 e. The van der Waals surface area contributed by atoms with Crippen molar-refractivity contribution >= 4 is 5.91 Å². The molecule has 2 heterocycles. The van der Waals surface area contributed by atoms with Crippen LogP contribution in [-0.4, -0.2) is 41.6 Å². The highest BCUT2D eigenvalue weighted by molar-refractivity contribution is 5.93. The lowest BCUT2D eigenvalue weighted by atomic mass is 10.0. The first-order valence-electron chi connectivity index (χ1n) is 8.76. The average molecular weight is 342 g/mol. The van der Waals surface area contributed by atoms with Crippen LogP contribution in [-0.2, 0) is 11.2 Å². The number of carbonyl (C=O) groups is 1. The lowest BCUT2D eigenvalue weighted by molar-refractivity contribution is -0.127. The highest BCUT2D eigenvalue weighted by atomic mass is 16.7. The number of ether oxygens (including phenoxy) is 2. The van der Waals surface area contributed by atoms with Crippen LogP contribution in [0.2, 0.25) is 0 Å². The van der Waals surface area contributed by atoms with Gasteiger partial charge in [0.2, 0.25) is 6.79 Å². The number of hydrogen-bond donors (Lipinski definition) is 0. The van der Waals surface area contributed by atoms with Gasteiger partial charge < -0.3 is 19.3 Å². The lowest BCUT2D eigenvalue weighted by Gasteiger charge is -2.29. The highest BCUT2D eigenvalue weighted by Gasteiger charge is 2.22. The molecule has 2 aliphatic heterocycles. The molecule has 0 radical (unpaired) electrons. The van der Waals surface area contributed by atoms with Crippen molar-refractivity contribution < 1.29 is 14.3 Å². The molecular weight excluding hydrogens is 316 g/mol. The highest BCUT2D eigenvalue weighted by Crippen LogP contribution is 2.33. The fraction of sp³-hybridized carbons (Fsp3) is 0.450. The summed E-state index contributed by atoms with van der Waals surface area (Å²) in [4.78, 5) is 16.7. The second-order valence-electron chi connectivity index (χ2n) is 6.94. The van der Waals surface area contributed by atoms with Crippen LogP contribution >= 0.6 is 0 Å². The normalized spacial score (nSPS) is 16.8. The minimum atomic E-state index is 0.0863. The van der Waals surface area contributed by atoms with Crippen molar-refractivity contribution in [3.05, 3.63) is 47.8 Å². The maximum Gasteiger partial charge on any atom is 0.251 e. The van der Waals surface area contributed by atoms with Crippen molar-refractivity contribution in [3.8, 4) is 11.5 Å². The van der Waals surface area contributed by atoms with Crippen LogP contribution in [0, 0.1) is 0 Å². The van der Waals surface area contributed by atoms with Gasteiger partial charge in [0.15, 0.2) is 11.5 Å². The van der Waals surface area contributed by atoms with Gasteiger partial charge in [-0.15, -0.1) is 0 Å². The number of nitrogens with zero attached hydrogens (tertiary/aromatic N) is 2. The van der Waals surface area contributed by atoms with Gasteiger partial charge in [0.1, 0.15) is 0 Å². The molecule has 1 aromatic rings. The van der Waals surface area contributed by atoms with Gasteiger partial charge in [-0.2, -0.15) is 0 Å². The molecule has 0 spiro atoms. The summed E-state index contributed by atoms with van der Waals surface area (Å²) in [6.45, 7) is 6.57. The van der Waals surface area contributed by atoms with Gasteiger partial charge in [-0.25, -0.2) is 0 Å². The Morgan fingerprint density at radius 1 is 1.24 bits per heavy atom. The smallest absolute Gasteiger partial charge is 0.251 e. The van der Waals surface area contributed by atoms with E-state index in [4.69, 9.17) is 9.47 Å². The predicted octanol–water partition coefficient (Wildman–Crippen LogP) is 3.32. The summed E-state index contributed by atoms with van der Waals surface area (Å²) >= 11 is 0. The molecule has 0 aliphatic carbocycles. The Bertz CT molecular complexity index is 709. The Morgan fingerprint density at radius 3 is 2.76 bits per heavy atom. The first kappa shape index (κ1) is 17.4. The zero-order valence-electron chi connectivity index (χ0n) is 15.4. The third-order valence-electron chi connectivity index (χ3n) is 4.74. The molecule has 5 heteroatoms. The van der Waals surface area contributed by atoms with Crippen molar-refractivity contribution in [3.63, 3.8) is 0 Å². The van der Waals surface area contributed by atoms with Crippen LogP contribution in [0.4, 0.5) is 0 Å². The maximum absolute atomic E-state index is 12.8. The van der Waals surface area contributed by atoms with Crippen LogP contribution in [0.1, 0.15) is 32.8 Å². The van der Waals surface area contributed by atoms with Crippen molar-refractivity contribution in [2.24, 2.45) is 0 Å². The van der Waals surface area contributed by atoms with Crippen molar-refractivity contribution in [1.29, 1.82) is 0 Å². The topological polar surface area (TPSA) is 42.0 Å². The van der Waals surface area contributed by atoms with Gasteiger partial charge in [-0.3, -0.25) is 4.79 Å². The average Bonchev–Trinajstić information content (AvgIpc) is 3.08. The van der Waals surface area contributed by atoms with Crippen LogP contribution in [0.5, 0.6) is 11.5 Å². The molecule has 1 aromatic carbocycles. The number of allylic oxidation sites excluding steroid dienone is 1. The molecule has 0 fully saturated rings. The molecule has 1 unspecified atom stereocenters. The Hall–Kier alpha value is -2.43. The van der Waals surface area contributed by atoms with E-state index in [0.717, 1.165) is 29.1 Å². The molecule has 2 aliphatic rings. The number of hydrogen-bond acceptors (Lipinski definition) is 4. The van der Waals surface area contributed by atoms with Crippen LogP contribution in [0.3, 0.4) is 0 Å². The van der Waals surface area contributed by atoms with E-state index < -0.39 is 0 Å². The molecular formula is C20H26N2O3. The minimum Gasteiger partial charge on any atom is -0.454 e. The van der Waals surface area contributed by atoms with Crippen molar-refractivity contribution in [2.75, 3.05) is 13.8 Å². The quantitative estimate of drug-likeness (QED) is 0.823. The summed E-state index contributed by atoms with van der Waals surface area (Å²) in [5, 5.41) is 0. The zero-order valence-corrected chi connectivity index (χ0v) is 15.4. The van der Waals surface area contributed by atoms with E-state index in [2.05, 4.69) is 25.7 Å². The van der Waals surface area contributed by atoms with Gasteiger partial charge in [0, 0.05) is 37.1 Å². The molecule has 0 aromatic heterocycles. The number of fused-ring (bicyclic) bond motifs is 1. The SMILES string of the molecule is CC(C)N1C=CCC(C(=O)N(C)C(C)Cc2ccc3c(c2)OCO3)=C1. The van der Waals surface area contributed by atoms with Crippen LogP contribution in [0.15, 0.2) is 42.2 Å². The van der Waals surface area contributed by atoms with Gasteiger partial charge >= 0.3 is 0 Å². The summed E-state index contributed by atoms with van der Waals surface area (Å²) in [7, 11) is 1.87. The van der Waals surface area contributed by atoms with Gasteiger partial charge in [-0.05, 0) is 51.3 Å². The maximum atomic E-state index is 12.8. The fourth-order valence-electron chi connectivity index (χ4n) is 3.01. The molecule has 1 amide bonds. The number of amides is 1. The Balaban J connectivity index is 1.65. The predicted molar refractivity (Wildman–Crippen MR) is 97.3 cm³/mol. The molecule has 3 rings (SSSR count). The van der Waals surface area contributed by atoms with E-state index >= 15 is 0 Å². The third-order valence-corrected chi connectivity index (χ3v) is 4.74. The van der Waals surface area contributed by atoms with E-state index in [9.17, 15) is 4.79 Å². The first-order valence-corrected chi connectivity index (χ1v) is 8.76. The Labute approximate surface area is 149 Å². The fourth-order valence-corrected chi connectivity index (χ4v) is 3.01. The second kappa shape index (κ2) is 7.21. The summed E-state index contributed by atoms with van der Waals surface area (Å²) in [5.41, 5.74) is 1.97. The third kappa shape index (κ3) is 3.81. The molecule has 25 heavy (non-hydrogen) atoms. The lowest BCUT2D eigenvalue weighted by Crippen LogP contribution is -2.38. The number of likely N-dealkylation sites (N-methyl/N-ethyl adjacent to an activating group) is 1. The molecule has 5 nitrogen and oxygen atoms in total. The molecule has 0 bridgehead atoms. The molecule has 0 saturated heterocycles. The molecule has 1 atom stereocenters. The van der Waals surface area contributed by atoms with E-state index in [1.165, 1.54) is 0 Å². The summed E-state index contributed by atoms with van der Waals surface area (Å²) < 4.78 is 10.8. The van der Waals surface area contributed by atoms with Crippen LogP contribution < -0.4 is 9.47 Å². The molecule has 0 saturated carbocycles. The van der Waals surface area contributed by atoms with Gasteiger partial charge in [0.25, 0.3) is 5.91 Å². The standard InChI is InChI=1S/C20H26N2O3/c1-14(2)22-9-5-6-17(12-22)20(23)21(4)15(3)10-16-7-8-18-19(11-16)25-13-24-18/h5,7-9,11-12,14-15H,6,10,13H2,1-4H3. The Kier molecular flexibility index (Phi) is 5.02. The summed E-state index contributed by atoms with van der Waals surface area (Å²) in [5.74, 6) is 1.66. The zero-order chi connectivity index (χ0) is 18.0. The van der Waals surface area contributed by atoms with E-state index in [0.29, 0.717) is 12.5 Å². The summed E-state index contributed by atoms with van der Waals surface area (Å²) in [6, 6.07) is 6.40. The Morgan fingerprint density at radius 2 is 2.00 bits per heavy atom. The number of benzene rings is 1. The molecule has 0 N–H and O–H groups in total.